The van der Waals surface area contributed by atoms with Crippen LogP contribution in [0.5, 0.6) is 0 Å². The van der Waals surface area contributed by atoms with Crippen LogP contribution in [-0.4, -0.2) is 69.9 Å². The number of amides is 1. The number of carbonyl (C=O) groups is 1. The third-order valence-corrected chi connectivity index (χ3v) is 5.28. The minimum atomic E-state index is -0.478. The number of rotatable bonds is 6. The lowest BCUT2D eigenvalue weighted by molar-refractivity contribution is 0.0342. The number of nitrogens with one attached hydrogen (secondary N) is 1. The molecule has 4 rings (SSSR count). The Bertz CT molecular complexity index is 1060. The Kier molecular flexibility index (Phi) is 6.55. The summed E-state index contributed by atoms with van der Waals surface area (Å²) < 4.78 is 21.4. The average Bonchev–Trinajstić information content (AvgIpc) is 3.29. The molecule has 0 radical (unpaired) electrons. The van der Waals surface area contributed by atoms with E-state index in [1.54, 1.807) is 30.3 Å². The van der Waals surface area contributed by atoms with Crippen LogP contribution in [-0.2, 0) is 4.74 Å². The van der Waals surface area contributed by atoms with Gasteiger partial charge in [-0.25, -0.2) is 9.07 Å². The molecule has 1 N–H and O–H groups in total. The van der Waals surface area contributed by atoms with Crippen LogP contribution < -0.4 is 5.32 Å². The summed E-state index contributed by atoms with van der Waals surface area (Å²) in [7, 11) is 0. The van der Waals surface area contributed by atoms with E-state index in [9.17, 15) is 9.18 Å². The summed E-state index contributed by atoms with van der Waals surface area (Å²) in [5.41, 5.74) is 1.77. The Labute approximate surface area is 183 Å². The smallest absolute Gasteiger partial charge is 0.251 e. The maximum absolute atomic E-state index is 14.6. The fourth-order valence-electron chi connectivity index (χ4n) is 3.56. The second-order valence-electron chi connectivity index (χ2n) is 7.43. The number of carbonyl (C=O) groups excluding carboxylic acids is 1. The first-order valence-corrected chi connectivity index (χ1v) is 10.3. The molecule has 1 unspecified atom stereocenters. The van der Waals surface area contributed by atoms with Gasteiger partial charge in [0.2, 0.25) is 0 Å². The lowest BCUT2D eigenvalue weighted by Gasteiger charge is -2.29. The van der Waals surface area contributed by atoms with Gasteiger partial charge in [-0.15, -0.1) is 5.10 Å². The normalized spacial score (nSPS) is 15.6. The zero-order valence-corrected chi connectivity index (χ0v) is 17.7. The predicted molar refractivity (Wildman–Crippen MR) is 114 cm³/mol. The van der Waals surface area contributed by atoms with Crippen molar-refractivity contribution in [2.75, 3.05) is 32.8 Å². The van der Waals surface area contributed by atoms with Crippen LogP contribution in [0.25, 0.3) is 16.8 Å². The van der Waals surface area contributed by atoms with Crippen molar-refractivity contribution in [1.29, 1.82) is 0 Å². The largest absolute Gasteiger partial charge is 0.379 e. The highest BCUT2D eigenvalue weighted by molar-refractivity contribution is 6.30. The molecule has 8 nitrogen and oxygen atoms in total. The number of morpholine rings is 1. The van der Waals surface area contributed by atoms with E-state index in [-0.39, 0.29) is 11.9 Å². The predicted octanol–water partition coefficient (Wildman–Crippen LogP) is 2.57. The van der Waals surface area contributed by atoms with Crippen LogP contribution in [0.3, 0.4) is 0 Å². The topological polar surface area (TPSA) is 85.2 Å². The van der Waals surface area contributed by atoms with Crippen molar-refractivity contribution in [2.24, 2.45) is 0 Å². The van der Waals surface area contributed by atoms with Gasteiger partial charge in [-0.3, -0.25) is 9.69 Å². The molecule has 0 saturated carbocycles. The van der Waals surface area contributed by atoms with E-state index >= 15 is 0 Å². The van der Waals surface area contributed by atoms with E-state index < -0.39 is 5.82 Å². The van der Waals surface area contributed by atoms with Gasteiger partial charge < -0.3 is 10.1 Å². The average molecular weight is 445 g/mol. The lowest BCUT2D eigenvalue weighted by atomic mass is 10.0. The summed E-state index contributed by atoms with van der Waals surface area (Å²) in [5, 5.41) is 14.5. The maximum Gasteiger partial charge on any atom is 0.251 e. The molecule has 1 aliphatic rings. The Balaban J connectivity index is 1.61. The fraction of sp³-hybridized carbons (Fsp3) is 0.333. The molecule has 1 fully saturated rings. The van der Waals surface area contributed by atoms with Crippen LogP contribution in [0.1, 0.15) is 17.3 Å². The Hall–Kier alpha value is -2.88. The van der Waals surface area contributed by atoms with Gasteiger partial charge in [0.05, 0.1) is 18.9 Å². The standard InChI is InChI=1S/C21H22ClFN6O2/c1-14(12-28-4-6-31-7-5-28)25-21(30)16-8-15(19-3-2-17(22)11-20(19)23)9-18(10-16)29-13-24-26-27-29/h2-3,8-11,13-14H,4-7,12H2,1H3,(H,25,30). The highest BCUT2D eigenvalue weighted by Crippen LogP contribution is 2.28. The molecule has 0 spiro atoms. The number of halogens is 2. The summed E-state index contributed by atoms with van der Waals surface area (Å²) in [6.07, 6.45) is 1.42. The zero-order valence-electron chi connectivity index (χ0n) is 17.0. The van der Waals surface area contributed by atoms with Gasteiger partial charge in [-0.05, 0) is 59.3 Å². The molecule has 1 saturated heterocycles. The van der Waals surface area contributed by atoms with Crippen molar-refractivity contribution >= 4 is 17.5 Å². The molecular weight excluding hydrogens is 423 g/mol. The van der Waals surface area contributed by atoms with E-state index in [1.165, 1.54) is 17.1 Å². The monoisotopic (exact) mass is 444 g/mol. The Morgan fingerprint density at radius 2 is 2.06 bits per heavy atom. The van der Waals surface area contributed by atoms with E-state index in [4.69, 9.17) is 16.3 Å². The van der Waals surface area contributed by atoms with Crippen LogP contribution in [0.2, 0.25) is 5.02 Å². The van der Waals surface area contributed by atoms with Crippen molar-refractivity contribution in [2.45, 2.75) is 13.0 Å². The van der Waals surface area contributed by atoms with Crippen molar-refractivity contribution in [3.8, 4) is 16.8 Å². The molecule has 1 aliphatic heterocycles. The molecule has 1 aromatic heterocycles. The molecule has 1 amide bonds. The molecule has 162 valence electrons. The first kappa shape index (κ1) is 21.4. The molecular formula is C21H22ClFN6O2. The number of tetrazole rings is 1. The Morgan fingerprint density at radius 1 is 1.26 bits per heavy atom. The minimum absolute atomic E-state index is 0.0713. The fourth-order valence-corrected chi connectivity index (χ4v) is 3.72. The zero-order chi connectivity index (χ0) is 21.8. The van der Waals surface area contributed by atoms with Crippen molar-refractivity contribution in [3.05, 3.63) is 59.1 Å². The maximum atomic E-state index is 14.6. The summed E-state index contributed by atoms with van der Waals surface area (Å²) >= 11 is 5.89. The third-order valence-electron chi connectivity index (χ3n) is 5.05. The van der Waals surface area contributed by atoms with Gasteiger partial charge in [0, 0.05) is 41.8 Å². The van der Waals surface area contributed by atoms with E-state index in [2.05, 4.69) is 25.7 Å². The molecule has 1 atom stereocenters. The minimum Gasteiger partial charge on any atom is -0.379 e. The van der Waals surface area contributed by atoms with Gasteiger partial charge >= 0.3 is 0 Å². The number of aromatic nitrogens is 4. The first-order chi connectivity index (χ1) is 15.0. The first-order valence-electron chi connectivity index (χ1n) is 9.94. The number of nitrogens with zero attached hydrogens (tertiary/aromatic N) is 5. The van der Waals surface area contributed by atoms with E-state index in [1.807, 2.05) is 6.92 Å². The van der Waals surface area contributed by atoms with Crippen LogP contribution in [0.15, 0.2) is 42.7 Å². The van der Waals surface area contributed by atoms with Gasteiger partial charge in [0.15, 0.2) is 0 Å². The SMILES string of the molecule is CC(CN1CCOCC1)NC(=O)c1cc(-c2ccc(Cl)cc2F)cc(-n2cnnn2)c1. The molecule has 2 aromatic carbocycles. The van der Waals surface area contributed by atoms with Crippen LogP contribution >= 0.6 is 11.6 Å². The molecule has 2 heterocycles. The molecule has 0 bridgehead atoms. The molecule has 0 aliphatic carbocycles. The highest BCUT2D eigenvalue weighted by Gasteiger charge is 2.18. The third kappa shape index (κ3) is 5.25. The van der Waals surface area contributed by atoms with Crippen molar-refractivity contribution in [3.63, 3.8) is 0 Å². The number of benzene rings is 2. The van der Waals surface area contributed by atoms with Crippen LogP contribution in [0.4, 0.5) is 4.39 Å². The number of hydrogen-bond acceptors (Lipinski definition) is 6. The lowest BCUT2D eigenvalue weighted by Crippen LogP contribution is -2.46. The van der Waals surface area contributed by atoms with Gasteiger partial charge in [-0.2, -0.15) is 0 Å². The van der Waals surface area contributed by atoms with E-state index in [0.29, 0.717) is 40.6 Å². The van der Waals surface area contributed by atoms with E-state index in [0.717, 1.165) is 19.6 Å². The summed E-state index contributed by atoms with van der Waals surface area (Å²) in [5.74, 6) is -0.736. The summed E-state index contributed by atoms with van der Waals surface area (Å²) in [6, 6.07) is 9.40. The second kappa shape index (κ2) is 9.51. The van der Waals surface area contributed by atoms with Gasteiger partial charge in [-0.1, -0.05) is 11.6 Å². The number of hydrogen-bond donors (Lipinski definition) is 1. The molecule has 3 aromatic rings. The molecule has 31 heavy (non-hydrogen) atoms. The number of ether oxygens (including phenoxy) is 1. The van der Waals surface area contributed by atoms with Crippen molar-refractivity contribution < 1.29 is 13.9 Å². The quantitative estimate of drug-likeness (QED) is 0.629. The van der Waals surface area contributed by atoms with Crippen LogP contribution in [0, 0.1) is 5.82 Å². The van der Waals surface area contributed by atoms with Crippen molar-refractivity contribution in [1.82, 2.24) is 30.4 Å². The molecule has 10 heteroatoms. The Morgan fingerprint density at radius 3 is 2.77 bits per heavy atom. The van der Waals surface area contributed by atoms with Gasteiger partial charge in [0.1, 0.15) is 12.1 Å². The summed E-state index contributed by atoms with van der Waals surface area (Å²) in [6.45, 7) is 5.76. The highest BCUT2D eigenvalue weighted by atomic mass is 35.5. The second-order valence-corrected chi connectivity index (χ2v) is 7.87. The summed E-state index contributed by atoms with van der Waals surface area (Å²) in [4.78, 5) is 15.3. The van der Waals surface area contributed by atoms with Gasteiger partial charge in [0.25, 0.3) is 5.91 Å².